The van der Waals surface area contributed by atoms with Crippen molar-refractivity contribution in [3.63, 3.8) is 0 Å². The summed E-state index contributed by atoms with van der Waals surface area (Å²) >= 11 is 9.40. The van der Waals surface area contributed by atoms with Gasteiger partial charge in [0.15, 0.2) is 0 Å². The molecule has 1 unspecified atom stereocenters. The van der Waals surface area contributed by atoms with Crippen molar-refractivity contribution in [3.05, 3.63) is 33.0 Å². The molecule has 20 heavy (non-hydrogen) atoms. The molecule has 1 atom stereocenters. The molecular weight excluding hydrogens is 345 g/mol. The van der Waals surface area contributed by atoms with Crippen LogP contribution in [0.3, 0.4) is 0 Å². The first-order valence-corrected chi connectivity index (χ1v) is 8.26. The van der Waals surface area contributed by atoms with Gasteiger partial charge in [-0.15, -0.1) is 0 Å². The lowest BCUT2D eigenvalue weighted by atomic mass is 9.86. The molecule has 0 aliphatic carbocycles. The Balaban J connectivity index is 2.27. The van der Waals surface area contributed by atoms with Gasteiger partial charge in [0.05, 0.1) is 5.02 Å². The monoisotopic (exact) mass is 363 g/mol. The van der Waals surface area contributed by atoms with Crippen LogP contribution in [0.15, 0.2) is 16.6 Å². The van der Waals surface area contributed by atoms with E-state index in [1.54, 1.807) is 6.07 Å². The summed E-state index contributed by atoms with van der Waals surface area (Å²) in [6, 6.07) is 3.20. The lowest BCUT2D eigenvalue weighted by Crippen LogP contribution is -2.33. The van der Waals surface area contributed by atoms with Crippen molar-refractivity contribution >= 4 is 27.5 Å². The van der Waals surface area contributed by atoms with E-state index in [2.05, 4.69) is 28.2 Å². The molecule has 1 fully saturated rings. The largest absolute Gasteiger partial charge is 0.381 e. The second-order valence-electron chi connectivity index (χ2n) is 5.17. The van der Waals surface area contributed by atoms with E-state index >= 15 is 0 Å². The predicted molar refractivity (Wildman–Crippen MR) is 83.7 cm³/mol. The van der Waals surface area contributed by atoms with E-state index < -0.39 is 0 Å². The molecule has 1 aliphatic heterocycles. The summed E-state index contributed by atoms with van der Waals surface area (Å²) < 4.78 is 20.3. The van der Waals surface area contributed by atoms with E-state index in [1.807, 2.05) is 0 Å². The quantitative estimate of drug-likeness (QED) is 0.764. The van der Waals surface area contributed by atoms with Crippen molar-refractivity contribution in [3.8, 4) is 0 Å². The number of rotatable bonds is 5. The highest BCUT2D eigenvalue weighted by Crippen LogP contribution is 2.35. The van der Waals surface area contributed by atoms with Crippen LogP contribution in [0.1, 0.15) is 37.8 Å². The van der Waals surface area contributed by atoms with Crippen LogP contribution in [0.2, 0.25) is 5.02 Å². The van der Waals surface area contributed by atoms with Gasteiger partial charge in [-0.25, -0.2) is 4.39 Å². The number of ether oxygens (including phenoxy) is 1. The summed E-state index contributed by atoms with van der Waals surface area (Å²) in [6.45, 7) is 4.48. The normalized spacial score (nSPS) is 18.2. The van der Waals surface area contributed by atoms with Crippen LogP contribution in [0.25, 0.3) is 0 Å². The highest BCUT2D eigenvalue weighted by atomic mass is 79.9. The van der Waals surface area contributed by atoms with Crippen LogP contribution in [0.4, 0.5) is 4.39 Å². The van der Waals surface area contributed by atoms with Gasteiger partial charge in [-0.3, -0.25) is 0 Å². The summed E-state index contributed by atoms with van der Waals surface area (Å²) in [6.07, 6.45) is 2.93. The fourth-order valence-corrected chi connectivity index (χ4v) is 3.14. The predicted octanol–water partition coefficient (Wildman–Crippen LogP) is 4.71. The number of benzene rings is 1. The molecule has 0 spiro atoms. The molecular formula is C15H20BrClFNO. The molecule has 1 N–H and O–H groups in total. The standard InChI is InChI=1S/C15H20BrClFNO/c1-2-5-19-15(10-3-6-20-7-4-10)11-8-13(17)12(16)9-14(11)18/h8-10,15,19H,2-7H2,1H3. The summed E-state index contributed by atoms with van der Waals surface area (Å²) in [7, 11) is 0. The van der Waals surface area contributed by atoms with Gasteiger partial charge in [-0.2, -0.15) is 0 Å². The molecule has 1 saturated heterocycles. The first-order chi connectivity index (χ1) is 9.63. The van der Waals surface area contributed by atoms with Crippen molar-refractivity contribution in [2.45, 2.75) is 32.2 Å². The maximum Gasteiger partial charge on any atom is 0.129 e. The third kappa shape index (κ3) is 3.94. The van der Waals surface area contributed by atoms with E-state index in [-0.39, 0.29) is 11.9 Å². The fourth-order valence-electron chi connectivity index (χ4n) is 2.66. The Morgan fingerprint density at radius 1 is 1.45 bits per heavy atom. The van der Waals surface area contributed by atoms with E-state index in [1.165, 1.54) is 6.07 Å². The molecule has 0 saturated carbocycles. The Morgan fingerprint density at radius 2 is 2.15 bits per heavy atom. The first-order valence-electron chi connectivity index (χ1n) is 7.09. The molecule has 5 heteroatoms. The lowest BCUT2D eigenvalue weighted by molar-refractivity contribution is 0.0531. The molecule has 1 aromatic carbocycles. The first kappa shape index (κ1) is 16.2. The number of nitrogens with one attached hydrogen (secondary N) is 1. The summed E-state index contributed by atoms with van der Waals surface area (Å²) in [5.74, 6) is 0.184. The highest BCUT2D eigenvalue weighted by Gasteiger charge is 2.27. The van der Waals surface area contributed by atoms with Gasteiger partial charge in [-0.05, 0) is 59.8 Å². The highest BCUT2D eigenvalue weighted by molar-refractivity contribution is 9.10. The van der Waals surface area contributed by atoms with Crippen molar-refractivity contribution < 1.29 is 9.13 Å². The third-order valence-electron chi connectivity index (χ3n) is 3.73. The Hall–Kier alpha value is -0.160. The zero-order valence-corrected chi connectivity index (χ0v) is 13.9. The maximum absolute atomic E-state index is 14.3. The second-order valence-corrected chi connectivity index (χ2v) is 6.43. The van der Waals surface area contributed by atoms with Crippen molar-refractivity contribution in [1.82, 2.24) is 5.32 Å². The van der Waals surface area contributed by atoms with E-state index in [0.717, 1.165) is 39.0 Å². The van der Waals surface area contributed by atoms with Crippen LogP contribution in [-0.4, -0.2) is 19.8 Å². The van der Waals surface area contributed by atoms with Crippen LogP contribution in [0, 0.1) is 11.7 Å². The molecule has 0 radical (unpaired) electrons. The SMILES string of the molecule is CCCNC(c1cc(Cl)c(Br)cc1F)C1CCOCC1. The van der Waals surface area contributed by atoms with Gasteiger partial charge in [0.25, 0.3) is 0 Å². The summed E-state index contributed by atoms with van der Waals surface area (Å²) in [5, 5.41) is 4.03. The average molecular weight is 365 g/mol. The van der Waals surface area contributed by atoms with Crippen molar-refractivity contribution in [2.24, 2.45) is 5.92 Å². The van der Waals surface area contributed by atoms with Gasteiger partial charge < -0.3 is 10.1 Å². The Bertz CT molecular complexity index is 452. The van der Waals surface area contributed by atoms with Gasteiger partial charge >= 0.3 is 0 Å². The molecule has 2 rings (SSSR count). The van der Waals surface area contributed by atoms with Gasteiger partial charge in [0.2, 0.25) is 0 Å². The van der Waals surface area contributed by atoms with Crippen molar-refractivity contribution in [2.75, 3.05) is 19.8 Å². The Morgan fingerprint density at radius 3 is 2.80 bits per heavy atom. The molecule has 0 aromatic heterocycles. The minimum absolute atomic E-state index is 0.00412. The van der Waals surface area contributed by atoms with Gasteiger partial charge in [0.1, 0.15) is 5.82 Å². The third-order valence-corrected chi connectivity index (χ3v) is 4.92. The zero-order valence-electron chi connectivity index (χ0n) is 11.6. The number of hydrogen-bond donors (Lipinski definition) is 1. The molecule has 1 aromatic rings. The van der Waals surface area contributed by atoms with Crippen LogP contribution in [0.5, 0.6) is 0 Å². The Kier molecular flexibility index (Phi) is 6.27. The van der Waals surface area contributed by atoms with E-state index in [0.29, 0.717) is 21.0 Å². The average Bonchev–Trinajstić information content (AvgIpc) is 2.45. The van der Waals surface area contributed by atoms with Crippen LogP contribution in [-0.2, 0) is 4.74 Å². The minimum Gasteiger partial charge on any atom is -0.381 e. The van der Waals surface area contributed by atoms with Crippen molar-refractivity contribution in [1.29, 1.82) is 0 Å². The lowest BCUT2D eigenvalue weighted by Gasteiger charge is -2.32. The smallest absolute Gasteiger partial charge is 0.129 e. The molecule has 1 aliphatic rings. The van der Waals surface area contributed by atoms with E-state index in [9.17, 15) is 4.39 Å². The molecule has 0 amide bonds. The minimum atomic E-state index is -0.207. The second kappa shape index (κ2) is 7.74. The molecule has 112 valence electrons. The van der Waals surface area contributed by atoms with Crippen LogP contribution < -0.4 is 5.32 Å². The summed E-state index contributed by atoms with van der Waals surface area (Å²) in [4.78, 5) is 0. The molecule has 2 nitrogen and oxygen atoms in total. The molecule has 0 bridgehead atoms. The van der Waals surface area contributed by atoms with Gasteiger partial charge in [0, 0.05) is 29.3 Å². The topological polar surface area (TPSA) is 21.3 Å². The molecule has 1 heterocycles. The van der Waals surface area contributed by atoms with Gasteiger partial charge in [-0.1, -0.05) is 18.5 Å². The zero-order chi connectivity index (χ0) is 14.5. The Labute approximate surface area is 133 Å². The maximum atomic E-state index is 14.3. The summed E-state index contributed by atoms with van der Waals surface area (Å²) in [5.41, 5.74) is 0.665. The van der Waals surface area contributed by atoms with E-state index in [4.69, 9.17) is 16.3 Å². The number of halogens is 3. The van der Waals surface area contributed by atoms with Crippen LogP contribution >= 0.6 is 27.5 Å². The fraction of sp³-hybridized carbons (Fsp3) is 0.600. The number of hydrogen-bond acceptors (Lipinski definition) is 2.